The maximum atomic E-state index is 9.97. The zero-order chi connectivity index (χ0) is 25.4. The number of nitrogens with zero attached hydrogens (tertiary/aromatic N) is 2. The van der Waals surface area contributed by atoms with Gasteiger partial charge in [0, 0.05) is 62.2 Å². The van der Waals surface area contributed by atoms with Crippen LogP contribution in [-0.4, -0.2) is 73.3 Å². The van der Waals surface area contributed by atoms with Crippen LogP contribution in [0.4, 0.5) is 11.6 Å². The van der Waals surface area contributed by atoms with Crippen LogP contribution in [0.2, 0.25) is 5.02 Å². The Kier molecular flexibility index (Phi) is 9.79. The highest BCUT2D eigenvalue weighted by Crippen LogP contribution is 2.32. The molecular formula is C27H40ClN5O3. The van der Waals surface area contributed by atoms with Crippen LogP contribution in [0.5, 0.6) is 0 Å². The molecule has 1 aliphatic carbocycles. The summed E-state index contributed by atoms with van der Waals surface area (Å²) in [4.78, 5) is 9.34. The average Bonchev–Trinajstić information content (AvgIpc) is 2.90. The van der Waals surface area contributed by atoms with E-state index in [4.69, 9.17) is 26.1 Å². The molecular weight excluding hydrogens is 478 g/mol. The third kappa shape index (κ3) is 7.29. The average molecular weight is 518 g/mol. The molecule has 2 fully saturated rings. The van der Waals surface area contributed by atoms with Gasteiger partial charge in [0.25, 0.3) is 0 Å². The molecule has 2 aromatic heterocycles. The molecule has 0 radical (unpaired) electrons. The van der Waals surface area contributed by atoms with Crippen molar-refractivity contribution in [2.75, 3.05) is 50.7 Å². The van der Waals surface area contributed by atoms with E-state index >= 15 is 0 Å². The number of nitrogens with one attached hydrogen (secondary N) is 3. The lowest BCUT2D eigenvalue weighted by molar-refractivity contribution is -0.00861. The van der Waals surface area contributed by atoms with Crippen molar-refractivity contribution < 1.29 is 14.6 Å². The van der Waals surface area contributed by atoms with Crippen LogP contribution in [0.15, 0.2) is 30.5 Å². The number of methoxy groups -OCH3 is 1. The molecule has 2 aliphatic rings. The van der Waals surface area contributed by atoms with E-state index in [-0.39, 0.29) is 12.0 Å². The summed E-state index contributed by atoms with van der Waals surface area (Å²) in [5.41, 5.74) is 1.47. The smallest absolute Gasteiger partial charge is 0.126 e. The van der Waals surface area contributed by atoms with E-state index in [1.165, 1.54) is 0 Å². The Morgan fingerprint density at radius 1 is 1.17 bits per heavy atom. The van der Waals surface area contributed by atoms with Crippen LogP contribution < -0.4 is 16.0 Å². The van der Waals surface area contributed by atoms with E-state index in [1.807, 2.05) is 24.3 Å². The first-order chi connectivity index (χ1) is 17.5. The molecule has 4 N–H and O–H groups in total. The number of ether oxygens (including phenoxy) is 2. The normalized spacial score (nSPS) is 22.7. The molecule has 36 heavy (non-hydrogen) atoms. The van der Waals surface area contributed by atoms with Crippen molar-refractivity contribution in [1.29, 1.82) is 0 Å². The Morgan fingerprint density at radius 3 is 2.64 bits per heavy atom. The van der Waals surface area contributed by atoms with Crippen LogP contribution in [0.3, 0.4) is 0 Å². The minimum Gasteiger partial charge on any atom is -0.396 e. The number of anilines is 2. The van der Waals surface area contributed by atoms with Crippen molar-refractivity contribution in [3.8, 4) is 11.3 Å². The van der Waals surface area contributed by atoms with Gasteiger partial charge >= 0.3 is 0 Å². The third-order valence-electron chi connectivity index (χ3n) is 7.43. The largest absolute Gasteiger partial charge is 0.396 e. The Morgan fingerprint density at radius 2 is 1.92 bits per heavy atom. The van der Waals surface area contributed by atoms with Gasteiger partial charge in [-0.3, -0.25) is 0 Å². The Balaban J connectivity index is 1.37. The number of halogens is 1. The number of hydrogen-bond acceptors (Lipinski definition) is 8. The second-order valence-electron chi connectivity index (χ2n) is 10.3. The van der Waals surface area contributed by atoms with Crippen molar-refractivity contribution in [3.63, 3.8) is 0 Å². The molecule has 0 bridgehead atoms. The summed E-state index contributed by atoms with van der Waals surface area (Å²) in [6, 6.07) is 9.17. The zero-order valence-corrected chi connectivity index (χ0v) is 22.2. The summed E-state index contributed by atoms with van der Waals surface area (Å²) >= 11 is 6.55. The van der Waals surface area contributed by atoms with Gasteiger partial charge in [0.2, 0.25) is 0 Å². The second kappa shape index (κ2) is 13.0. The minimum atomic E-state index is -0.169. The summed E-state index contributed by atoms with van der Waals surface area (Å²) in [5, 5.41) is 21.2. The lowest BCUT2D eigenvalue weighted by Gasteiger charge is -2.35. The molecule has 1 atom stereocenters. The summed E-state index contributed by atoms with van der Waals surface area (Å²) in [7, 11) is 1.74. The van der Waals surface area contributed by atoms with E-state index in [0.717, 1.165) is 68.0 Å². The van der Waals surface area contributed by atoms with E-state index in [1.54, 1.807) is 13.3 Å². The summed E-state index contributed by atoms with van der Waals surface area (Å²) < 4.78 is 10.7. The van der Waals surface area contributed by atoms with Crippen molar-refractivity contribution in [3.05, 3.63) is 35.5 Å². The number of rotatable bonds is 11. The highest BCUT2D eigenvalue weighted by atomic mass is 35.5. The van der Waals surface area contributed by atoms with Gasteiger partial charge in [-0.1, -0.05) is 17.7 Å². The Labute approximate surface area is 219 Å². The highest BCUT2D eigenvalue weighted by Gasteiger charge is 2.32. The van der Waals surface area contributed by atoms with Crippen LogP contribution in [0, 0.1) is 5.41 Å². The predicted molar refractivity (Wildman–Crippen MR) is 145 cm³/mol. The molecule has 198 valence electrons. The van der Waals surface area contributed by atoms with E-state index in [2.05, 4.69) is 27.9 Å². The second-order valence-corrected chi connectivity index (χ2v) is 10.7. The first-order valence-corrected chi connectivity index (χ1v) is 13.4. The molecule has 1 saturated heterocycles. The van der Waals surface area contributed by atoms with Crippen molar-refractivity contribution in [1.82, 2.24) is 15.3 Å². The fraction of sp³-hybridized carbons (Fsp3) is 0.630. The van der Waals surface area contributed by atoms with Crippen LogP contribution in [0.1, 0.15) is 45.4 Å². The molecule has 8 nitrogen and oxygen atoms in total. The van der Waals surface area contributed by atoms with Gasteiger partial charge in [-0.25, -0.2) is 9.97 Å². The van der Waals surface area contributed by atoms with Crippen LogP contribution >= 0.6 is 11.6 Å². The Bertz CT molecular complexity index is 964. The van der Waals surface area contributed by atoms with Gasteiger partial charge in [0.1, 0.15) is 11.6 Å². The number of aliphatic hydroxyl groups excluding tert-OH is 1. The quantitative estimate of drug-likeness (QED) is 0.349. The number of hydrogen-bond donors (Lipinski definition) is 4. The van der Waals surface area contributed by atoms with Gasteiger partial charge in [-0.15, -0.1) is 0 Å². The molecule has 2 aromatic rings. The molecule has 4 rings (SSSR count). The fourth-order valence-electron chi connectivity index (χ4n) is 5.18. The van der Waals surface area contributed by atoms with Crippen LogP contribution in [0.25, 0.3) is 11.3 Å². The summed E-state index contributed by atoms with van der Waals surface area (Å²) in [5.74, 6) is 1.59. The van der Waals surface area contributed by atoms with Gasteiger partial charge in [-0.05, 0) is 63.6 Å². The van der Waals surface area contributed by atoms with E-state index in [9.17, 15) is 5.11 Å². The van der Waals surface area contributed by atoms with Crippen molar-refractivity contribution >= 4 is 23.2 Å². The first-order valence-electron chi connectivity index (χ1n) is 13.1. The predicted octanol–water partition coefficient (Wildman–Crippen LogP) is 4.35. The molecule has 0 aromatic carbocycles. The Hall–Kier alpha value is -1.97. The lowest BCUT2D eigenvalue weighted by atomic mass is 9.81. The molecule has 0 unspecified atom stereocenters. The first kappa shape index (κ1) is 27.1. The lowest BCUT2D eigenvalue weighted by Crippen LogP contribution is -2.42. The molecule has 1 aliphatic heterocycles. The van der Waals surface area contributed by atoms with Crippen molar-refractivity contribution in [2.45, 2.75) is 63.6 Å². The fourth-order valence-corrected chi connectivity index (χ4v) is 5.38. The van der Waals surface area contributed by atoms with Crippen molar-refractivity contribution in [2.24, 2.45) is 5.41 Å². The number of pyridine rings is 2. The van der Waals surface area contributed by atoms with Gasteiger partial charge in [0.05, 0.1) is 23.9 Å². The van der Waals surface area contributed by atoms with E-state index < -0.39 is 0 Å². The summed E-state index contributed by atoms with van der Waals surface area (Å²) in [6.07, 6.45) is 7.81. The molecule has 1 saturated carbocycles. The molecule has 9 heteroatoms. The van der Waals surface area contributed by atoms with Crippen LogP contribution in [-0.2, 0) is 9.47 Å². The summed E-state index contributed by atoms with van der Waals surface area (Å²) in [6.45, 7) is 5.06. The van der Waals surface area contributed by atoms with Gasteiger partial charge in [0.15, 0.2) is 0 Å². The van der Waals surface area contributed by atoms with Gasteiger partial charge in [-0.2, -0.15) is 0 Å². The van der Waals surface area contributed by atoms with E-state index in [0.29, 0.717) is 42.9 Å². The molecule has 0 spiro atoms. The molecule has 3 heterocycles. The monoisotopic (exact) mass is 517 g/mol. The maximum Gasteiger partial charge on any atom is 0.126 e. The topological polar surface area (TPSA) is 101 Å². The number of aromatic nitrogens is 2. The molecule has 0 amide bonds. The third-order valence-corrected chi connectivity index (χ3v) is 7.73. The zero-order valence-electron chi connectivity index (χ0n) is 21.4. The standard InChI is InChI=1S/C27H40ClN5O3/c1-19(16-35-2)31-20-6-8-21(9-7-20)32-26-14-22(23(28)15-29-26)24-4-3-5-25(33-24)30-17-27(18-34)10-12-36-13-11-27/h3-5,14-15,19-21,31,34H,6-13,16-18H2,1-2H3,(H,29,32)(H,30,33)/t19-,20?,21?/m1/s1. The maximum absolute atomic E-state index is 9.97. The van der Waals surface area contributed by atoms with Gasteiger partial charge < -0.3 is 30.5 Å². The minimum absolute atomic E-state index is 0.137. The number of aliphatic hydroxyl groups is 1. The highest BCUT2D eigenvalue weighted by molar-refractivity contribution is 6.33. The SMILES string of the molecule is COC[C@@H](C)NC1CCC(Nc2cc(-c3cccc(NCC4(CO)CCOCC4)n3)c(Cl)cn2)CC1.